The second-order valence-electron chi connectivity index (χ2n) is 4.92. The summed E-state index contributed by atoms with van der Waals surface area (Å²) < 4.78 is 4.43. The van der Waals surface area contributed by atoms with Crippen LogP contribution in [-0.2, 0) is 0 Å². The maximum absolute atomic E-state index is 4.43. The molecule has 2 aromatic rings. The fourth-order valence-corrected chi connectivity index (χ4v) is 2.68. The molecule has 3 rings (SSSR count). The Kier molecular flexibility index (Phi) is 1.80. The second kappa shape index (κ2) is 2.95. The van der Waals surface area contributed by atoms with Crippen molar-refractivity contribution in [3.8, 4) is 0 Å². The van der Waals surface area contributed by atoms with Crippen molar-refractivity contribution in [2.45, 2.75) is 26.3 Å². The molecule has 0 spiro atoms. The van der Waals surface area contributed by atoms with Crippen molar-refractivity contribution in [1.29, 1.82) is 0 Å². The molecule has 1 aliphatic rings. The van der Waals surface area contributed by atoms with E-state index in [-0.39, 0.29) is 0 Å². The van der Waals surface area contributed by atoms with Crippen LogP contribution in [0.4, 0.5) is 5.00 Å². The summed E-state index contributed by atoms with van der Waals surface area (Å²) in [6.45, 7) is 4.60. The fraction of sp³-hybridized carbons (Fsp3) is 0.417. The molecule has 15 heavy (non-hydrogen) atoms. The summed E-state index contributed by atoms with van der Waals surface area (Å²) in [5.41, 5.74) is 1.56. The number of hydrogen-bond acceptors (Lipinski definition) is 3. The minimum atomic E-state index is 0.463. The Labute approximate surface area is 93.5 Å². The highest BCUT2D eigenvalue weighted by Gasteiger charge is 2.45. The molecule has 78 valence electrons. The quantitative estimate of drug-likeness (QED) is 0.834. The molecule has 1 saturated carbocycles. The summed E-state index contributed by atoms with van der Waals surface area (Å²) in [5.74, 6) is 0. The standard InChI is InChI=1S/C12H14N2S/c1-12(2)7-10(12)13-11-8-5-3-4-6-9(8)14-15-11/h3-6,10,13H,7H2,1-2H3. The first-order valence-corrected chi connectivity index (χ1v) is 6.05. The first kappa shape index (κ1) is 9.16. The third-order valence-corrected chi connectivity index (χ3v) is 4.01. The van der Waals surface area contributed by atoms with E-state index >= 15 is 0 Å². The third kappa shape index (κ3) is 1.51. The SMILES string of the molecule is CC1(C)CC1Nc1snc2ccccc12. The largest absolute Gasteiger partial charge is 0.372 e. The van der Waals surface area contributed by atoms with Gasteiger partial charge < -0.3 is 5.32 Å². The van der Waals surface area contributed by atoms with E-state index < -0.39 is 0 Å². The molecular formula is C12H14N2S. The van der Waals surface area contributed by atoms with Crippen LogP contribution in [0.1, 0.15) is 20.3 Å². The molecule has 1 atom stereocenters. The number of fused-ring (bicyclic) bond motifs is 1. The Morgan fingerprint density at radius 2 is 2.13 bits per heavy atom. The number of aromatic nitrogens is 1. The monoisotopic (exact) mass is 218 g/mol. The van der Waals surface area contributed by atoms with E-state index in [0.29, 0.717) is 11.5 Å². The van der Waals surface area contributed by atoms with Crippen LogP contribution in [0.2, 0.25) is 0 Å². The van der Waals surface area contributed by atoms with Crippen LogP contribution >= 0.6 is 11.5 Å². The summed E-state index contributed by atoms with van der Waals surface area (Å²) >= 11 is 1.57. The van der Waals surface area contributed by atoms with Crippen LogP contribution < -0.4 is 5.32 Å². The van der Waals surface area contributed by atoms with Gasteiger partial charge in [0.15, 0.2) is 0 Å². The molecule has 1 aliphatic carbocycles. The molecule has 3 heteroatoms. The summed E-state index contributed by atoms with van der Waals surface area (Å²) in [7, 11) is 0. The highest BCUT2D eigenvalue weighted by Crippen LogP contribution is 2.47. The zero-order valence-electron chi connectivity index (χ0n) is 8.95. The molecule has 2 nitrogen and oxygen atoms in total. The first-order chi connectivity index (χ1) is 7.17. The zero-order chi connectivity index (χ0) is 10.5. The van der Waals surface area contributed by atoms with Crippen molar-refractivity contribution in [2.24, 2.45) is 5.41 Å². The van der Waals surface area contributed by atoms with Gasteiger partial charge in [0.05, 0.1) is 5.52 Å². The van der Waals surface area contributed by atoms with Crippen LogP contribution in [0.25, 0.3) is 10.9 Å². The van der Waals surface area contributed by atoms with Gasteiger partial charge in [-0.15, -0.1) is 0 Å². The molecule has 1 aromatic heterocycles. The lowest BCUT2D eigenvalue weighted by atomic mass is 10.2. The smallest absolute Gasteiger partial charge is 0.117 e. The summed E-state index contributed by atoms with van der Waals surface area (Å²) in [6.07, 6.45) is 1.26. The zero-order valence-corrected chi connectivity index (χ0v) is 9.77. The van der Waals surface area contributed by atoms with Crippen molar-refractivity contribution in [3.63, 3.8) is 0 Å². The molecular weight excluding hydrogens is 204 g/mol. The molecule has 0 radical (unpaired) electrons. The molecule has 1 fully saturated rings. The van der Waals surface area contributed by atoms with E-state index in [1.807, 2.05) is 6.07 Å². The highest BCUT2D eigenvalue weighted by atomic mass is 32.1. The van der Waals surface area contributed by atoms with Gasteiger partial charge in [-0.2, -0.15) is 4.37 Å². The molecule has 1 aromatic carbocycles. The lowest BCUT2D eigenvalue weighted by Crippen LogP contribution is -2.07. The molecule has 0 saturated heterocycles. The average molecular weight is 218 g/mol. The lowest BCUT2D eigenvalue weighted by molar-refractivity contribution is 0.631. The van der Waals surface area contributed by atoms with Gasteiger partial charge in [0.1, 0.15) is 5.00 Å². The lowest BCUT2D eigenvalue weighted by Gasteiger charge is -2.05. The summed E-state index contributed by atoms with van der Waals surface area (Å²) in [6, 6.07) is 8.93. The molecule has 1 heterocycles. The van der Waals surface area contributed by atoms with Gasteiger partial charge >= 0.3 is 0 Å². The van der Waals surface area contributed by atoms with Crippen molar-refractivity contribution < 1.29 is 0 Å². The van der Waals surface area contributed by atoms with Gasteiger partial charge in [-0.3, -0.25) is 0 Å². The van der Waals surface area contributed by atoms with Gasteiger partial charge in [-0.25, -0.2) is 0 Å². The van der Waals surface area contributed by atoms with Gasteiger partial charge in [-0.1, -0.05) is 26.0 Å². The third-order valence-electron chi connectivity index (χ3n) is 3.20. The Balaban J connectivity index is 1.92. The molecule has 1 N–H and O–H groups in total. The van der Waals surface area contributed by atoms with Gasteiger partial charge in [0, 0.05) is 11.4 Å². The van der Waals surface area contributed by atoms with E-state index in [1.54, 1.807) is 11.5 Å². The van der Waals surface area contributed by atoms with Crippen molar-refractivity contribution in [1.82, 2.24) is 4.37 Å². The summed E-state index contributed by atoms with van der Waals surface area (Å²) in [5, 5.41) is 6.06. The van der Waals surface area contributed by atoms with Gasteiger partial charge in [0.25, 0.3) is 0 Å². The maximum Gasteiger partial charge on any atom is 0.117 e. The minimum absolute atomic E-state index is 0.463. The van der Waals surface area contributed by atoms with E-state index in [9.17, 15) is 0 Å². The van der Waals surface area contributed by atoms with E-state index in [1.165, 1.54) is 16.8 Å². The number of hydrogen-bond donors (Lipinski definition) is 1. The minimum Gasteiger partial charge on any atom is -0.372 e. The number of anilines is 1. The summed E-state index contributed by atoms with van der Waals surface area (Å²) in [4.78, 5) is 0. The van der Waals surface area contributed by atoms with Crippen molar-refractivity contribution in [2.75, 3.05) is 5.32 Å². The van der Waals surface area contributed by atoms with Crippen molar-refractivity contribution in [3.05, 3.63) is 24.3 Å². The van der Waals surface area contributed by atoms with Crippen LogP contribution in [0.3, 0.4) is 0 Å². The number of rotatable bonds is 2. The Morgan fingerprint density at radius 3 is 2.87 bits per heavy atom. The maximum atomic E-state index is 4.43. The number of benzene rings is 1. The second-order valence-corrected chi connectivity index (χ2v) is 5.69. The van der Waals surface area contributed by atoms with Crippen LogP contribution in [0.15, 0.2) is 24.3 Å². The van der Waals surface area contributed by atoms with Crippen molar-refractivity contribution >= 4 is 27.4 Å². The topological polar surface area (TPSA) is 24.9 Å². The highest BCUT2D eigenvalue weighted by molar-refractivity contribution is 7.11. The van der Waals surface area contributed by atoms with E-state index in [0.717, 1.165) is 5.52 Å². The Morgan fingerprint density at radius 1 is 1.40 bits per heavy atom. The number of nitrogens with one attached hydrogen (secondary N) is 1. The molecule has 1 unspecified atom stereocenters. The predicted octanol–water partition coefficient (Wildman–Crippen LogP) is 3.51. The van der Waals surface area contributed by atoms with E-state index in [4.69, 9.17) is 0 Å². The Bertz CT molecular complexity index is 501. The van der Waals surface area contributed by atoms with E-state index in [2.05, 4.69) is 41.7 Å². The Hall–Kier alpha value is -1.09. The molecule has 0 aliphatic heterocycles. The van der Waals surface area contributed by atoms with Crippen LogP contribution in [0.5, 0.6) is 0 Å². The normalized spacial score (nSPS) is 22.9. The molecule has 0 amide bonds. The fourth-order valence-electron chi connectivity index (χ4n) is 1.87. The van der Waals surface area contributed by atoms with Gasteiger partial charge in [-0.05, 0) is 35.5 Å². The van der Waals surface area contributed by atoms with Crippen LogP contribution in [0, 0.1) is 5.41 Å². The van der Waals surface area contributed by atoms with Crippen LogP contribution in [-0.4, -0.2) is 10.4 Å². The average Bonchev–Trinajstić information content (AvgIpc) is 2.64. The van der Waals surface area contributed by atoms with Gasteiger partial charge in [0.2, 0.25) is 0 Å². The first-order valence-electron chi connectivity index (χ1n) is 5.28. The number of nitrogens with zero attached hydrogens (tertiary/aromatic N) is 1. The molecule has 0 bridgehead atoms. The predicted molar refractivity (Wildman–Crippen MR) is 65.4 cm³/mol.